The molecule has 0 amide bonds. The summed E-state index contributed by atoms with van der Waals surface area (Å²) in [6.45, 7) is 10.1. The fraction of sp³-hybridized carbons (Fsp3) is 1.00. The van der Waals surface area contributed by atoms with E-state index in [0.717, 1.165) is 4.48 Å². The highest BCUT2D eigenvalue weighted by Gasteiger charge is 1.89. The molecule has 0 radical (unpaired) electrons. The molecule has 0 N–H and O–H groups in total. The van der Waals surface area contributed by atoms with E-state index in [2.05, 4.69) is 53.9 Å². The first-order chi connectivity index (χ1) is 5.35. The third-order valence-electron chi connectivity index (χ3n) is 1.34. The molecule has 84 valence electrons. The minimum absolute atomic E-state index is 0. The molecule has 0 aliphatic heterocycles. The normalized spacial score (nSPS) is 10.2. The average Bonchev–Trinajstić information content (AvgIpc) is 1.88. The van der Waals surface area contributed by atoms with E-state index in [4.69, 9.17) is 0 Å². The number of hydrogen-bond acceptors (Lipinski definition) is 1. The van der Waals surface area contributed by atoms with E-state index < -0.39 is 0 Å². The fourth-order valence-corrected chi connectivity index (χ4v) is 0.671. The van der Waals surface area contributed by atoms with Gasteiger partial charge >= 0.3 is 0 Å². The van der Waals surface area contributed by atoms with Gasteiger partial charge < -0.3 is 21.8 Å². The standard InChI is InChI=1S/C6H15N.C4H12N.ClH/c1-4-7(5-2)6-3;1-5(2,3)4;/h4-6H2,1-3H3;1-4H3;1H/q;+1;/p-1. The van der Waals surface area contributed by atoms with Crippen LogP contribution in [0.15, 0.2) is 0 Å². The van der Waals surface area contributed by atoms with Gasteiger partial charge in [-0.3, -0.25) is 0 Å². The Balaban J connectivity index is -0.000000150. The summed E-state index contributed by atoms with van der Waals surface area (Å²) in [4.78, 5) is 2.38. The monoisotopic (exact) mass is 210 g/mol. The predicted octanol–water partition coefficient (Wildman–Crippen LogP) is -1.33. The SMILES string of the molecule is CCN(CC)CC.C[N+](C)(C)C.[Cl-]. The molecule has 0 rings (SSSR count). The van der Waals surface area contributed by atoms with E-state index in [0.29, 0.717) is 0 Å². The van der Waals surface area contributed by atoms with Crippen molar-refractivity contribution in [3.05, 3.63) is 0 Å². The first-order valence-corrected chi connectivity index (χ1v) is 4.86. The van der Waals surface area contributed by atoms with Gasteiger partial charge in [-0.25, -0.2) is 0 Å². The maximum Gasteiger partial charge on any atom is 0.0675 e. The molecule has 0 aromatic rings. The Kier molecular flexibility index (Phi) is 15.0. The van der Waals surface area contributed by atoms with Crippen molar-refractivity contribution in [2.45, 2.75) is 20.8 Å². The highest BCUT2D eigenvalue weighted by atomic mass is 35.5. The fourth-order valence-electron chi connectivity index (χ4n) is 0.671. The van der Waals surface area contributed by atoms with Crippen molar-refractivity contribution >= 4 is 0 Å². The van der Waals surface area contributed by atoms with Gasteiger partial charge in [-0.2, -0.15) is 0 Å². The maximum atomic E-state index is 2.38. The molecule has 0 aromatic carbocycles. The van der Waals surface area contributed by atoms with Crippen LogP contribution in [0, 0.1) is 0 Å². The Labute approximate surface area is 90.9 Å². The van der Waals surface area contributed by atoms with Crippen LogP contribution in [0.25, 0.3) is 0 Å². The zero-order valence-corrected chi connectivity index (χ0v) is 11.1. The molecule has 0 atom stereocenters. The Bertz CT molecular complexity index is 73.9. The van der Waals surface area contributed by atoms with Crippen LogP contribution >= 0.6 is 0 Å². The van der Waals surface area contributed by atoms with E-state index in [1.54, 1.807) is 0 Å². The second-order valence-corrected chi connectivity index (χ2v) is 4.30. The van der Waals surface area contributed by atoms with Crippen molar-refractivity contribution in [3.8, 4) is 0 Å². The lowest BCUT2D eigenvalue weighted by molar-refractivity contribution is -0.849. The molecule has 2 nitrogen and oxygen atoms in total. The average molecular weight is 211 g/mol. The number of halogens is 1. The number of quaternary nitrogens is 1. The van der Waals surface area contributed by atoms with E-state index in [1.165, 1.54) is 19.6 Å². The quantitative estimate of drug-likeness (QED) is 0.523. The second kappa shape index (κ2) is 10.3. The van der Waals surface area contributed by atoms with Crippen LogP contribution in [-0.2, 0) is 0 Å². The molecular formula is C10H27ClN2. The number of nitrogens with zero attached hydrogens (tertiary/aromatic N) is 2. The highest BCUT2D eigenvalue weighted by molar-refractivity contribution is 4.43. The minimum Gasteiger partial charge on any atom is -1.00 e. The Hall–Kier alpha value is 0.210. The van der Waals surface area contributed by atoms with Gasteiger partial charge in [-0.1, -0.05) is 20.8 Å². The molecule has 0 unspecified atom stereocenters. The van der Waals surface area contributed by atoms with Gasteiger partial charge in [0.05, 0.1) is 28.2 Å². The largest absolute Gasteiger partial charge is 1.00 e. The molecule has 0 aliphatic rings. The molecule has 0 spiro atoms. The van der Waals surface area contributed by atoms with Gasteiger partial charge in [-0.15, -0.1) is 0 Å². The van der Waals surface area contributed by atoms with Crippen LogP contribution in [-0.4, -0.2) is 57.2 Å². The molecule has 0 aliphatic carbocycles. The lowest BCUT2D eigenvalue weighted by Crippen LogP contribution is -3.00. The molecule has 13 heavy (non-hydrogen) atoms. The van der Waals surface area contributed by atoms with Gasteiger partial charge in [0.15, 0.2) is 0 Å². The van der Waals surface area contributed by atoms with Gasteiger partial charge in [-0.05, 0) is 19.6 Å². The number of rotatable bonds is 3. The smallest absolute Gasteiger partial charge is 0.0675 e. The second-order valence-electron chi connectivity index (χ2n) is 4.30. The van der Waals surface area contributed by atoms with Crippen molar-refractivity contribution in [2.75, 3.05) is 47.8 Å². The molecular weight excluding hydrogens is 184 g/mol. The van der Waals surface area contributed by atoms with E-state index in [-0.39, 0.29) is 12.4 Å². The van der Waals surface area contributed by atoms with Gasteiger partial charge in [0.2, 0.25) is 0 Å². The van der Waals surface area contributed by atoms with Crippen LogP contribution in [0.2, 0.25) is 0 Å². The van der Waals surface area contributed by atoms with Gasteiger partial charge in [0, 0.05) is 0 Å². The third kappa shape index (κ3) is 33.0. The molecule has 0 fully saturated rings. The molecule has 0 heterocycles. The number of hydrogen-bond donors (Lipinski definition) is 0. The van der Waals surface area contributed by atoms with Crippen molar-refractivity contribution in [1.29, 1.82) is 0 Å². The predicted molar refractivity (Wildman–Crippen MR) is 57.4 cm³/mol. The third-order valence-corrected chi connectivity index (χ3v) is 1.34. The molecule has 0 saturated carbocycles. The highest BCUT2D eigenvalue weighted by Crippen LogP contribution is 1.81. The molecule has 3 heteroatoms. The summed E-state index contributed by atoms with van der Waals surface area (Å²) in [7, 11) is 8.50. The summed E-state index contributed by atoms with van der Waals surface area (Å²) in [5, 5.41) is 0. The van der Waals surface area contributed by atoms with E-state index in [9.17, 15) is 0 Å². The summed E-state index contributed by atoms with van der Waals surface area (Å²) in [5.74, 6) is 0. The maximum absolute atomic E-state index is 2.38. The zero-order valence-electron chi connectivity index (χ0n) is 10.4. The Morgan fingerprint density at radius 2 is 0.923 bits per heavy atom. The topological polar surface area (TPSA) is 3.24 Å². The first kappa shape index (κ1) is 18.9. The summed E-state index contributed by atoms with van der Waals surface area (Å²) in [5.41, 5.74) is 0. The van der Waals surface area contributed by atoms with Gasteiger partial charge in [0.25, 0.3) is 0 Å². The van der Waals surface area contributed by atoms with Crippen molar-refractivity contribution in [3.63, 3.8) is 0 Å². The molecule has 0 bridgehead atoms. The van der Waals surface area contributed by atoms with Crippen LogP contribution in [0.1, 0.15) is 20.8 Å². The van der Waals surface area contributed by atoms with Crippen molar-refractivity contribution in [1.82, 2.24) is 4.90 Å². The Morgan fingerprint density at radius 3 is 0.923 bits per heavy atom. The lowest BCUT2D eigenvalue weighted by Gasteiger charge is -2.14. The van der Waals surface area contributed by atoms with Gasteiger partial charge in [0.1, 0.15) is 0 Å². The van der Waals surface area contributed by atoms with Crippen molar-refractivity contribution in [2.24, 2.45) is 0 Å². The van der Waals surface area contributed by atoms with Crippen molar-refractivity contribution < 1.29 is 16.9 Å². The summed E-state index contributed by atoms with van der Waals surface area (Å²) >= 11 is 0. The lowest BCUT2D eigenvalue weighted by atomic mass is 10.5. The zero-order chi connectivity index (χ0) is 10.2. The van der Waals surface area contributed by atoms with E-state index >= 15 is 0 Å². The molecule has 0 saturated heterocycles. The summed E-state index contributed by atoms with van der Waals surface area (Å²) < 4.78 is 1.00. The van der Waals surface area contributed by atoms with E-state index in [1.807, 2.05) is 0 Å². The first-order valence-electron chi connectivity index (χ1n) is 4.86. The Morgan fingerprint density at radius 1 is 0.769 bits per heavy atom. The van der Waals surface area contributed by atoms with Crippen LogP contribution in [0.4, 0.5) is 0 Å². The van der Waals surface area contributed by atoms with Crippen LogP contribution < -0.4 is 12.4 Å². The summed E-state index contributed by atoms with van der Waals surface area (Å²) in [6, 6.07) is 0. The van der Waals surface area contributed by atoms with Crippen LogP contribution in [0.3, 0.4) is 0 Å². The molecule has 0 aromatic heterocycles. The van der Waals surface area contributed by atoms with Crippen LogP contribution in [0.5, 0.6) is 0 Å². The summed E-state index contributed by atoms with van der Waals surface area (Å²) in [6.07, 6.45) is 0. The minimum atomic E-state index is 0.